The number of nitrogens with two attached hydrogens (primary N) is 1. The highest BCUT2D eigenvalue weighted by atomic mass is 35.5. The molecule has 4 nitrogen and oxygen atoms in total. The maximum atomic E-state index is 11.8. The van der Waals surface area contributed by atoms with Crippen LogP contribution < -0.4 is 5.73 Å². The number of Topliss-reactive ketones (excluding diaryl/α,β-unsaturated/α-hetero) is 1. The maximum absolute atomic E-state index is 11.8. The minimum atomic E-state index is -0.965. The molecule has 0 saturated heterocycles. The van der Waals surface area contributed by atoms with E-state index >= 15 is 0 Å². The number of pyridine rings is 1. The van der Waals surface area contributed by atoms with Gasteiger partial charge in [-0.05, 0) is 24.8 Å². The van der Waals surface area contributed by atoms with E-state index in [9.17, 15) is 9.90 Å². The number of ketones is 1. The zero-order valence-corrected chi connectivity index (χ0v) is 8.74. The van der Waals surface area contributed by atoms with Crippen LogP contribution in [0.25, 0.3) is 0 Å². The van der Waals surface area contributed by atoms with E-state index in [0.717, 1.165) is 12.8 Å². The highest BCUT2D eigenvalue weighted by molar-refractivity contribution is 6.31. The molecule has 0 spiro atoms. The highest BCUT2D eigenvalue weighted by Crippen LogP contribution is 2.34. The van der Waals surface area contributed by atoms with Crippen LogP contribution in [0.4, 0.5) is 5.82 Å². The maximum Gasteiger partial charge on any atom is 0.195 e. The summed E-state index contributed by atoms with van der Waals surface area (Å²) in [5, 5.41) is 9.99. The fourth-order valence-corrected chi connectivity index (χ4v) is 1.59. The van der Waals surface area contributed by atoms with Gasteiger partial charge in [0.2, 0.25) is 0 Å². The average molecular weight is 227 g/mol. The lowest BCUT2D eigenvalue weighted by atomic mass is 10.0. The molecule has 0 aromatic carbocycles. The first-order valence-electron chi connectivity index (χ1n) is 4.73. The van der Waals surface area contributed by atoms with Crippen molar-refractivity contribution in [3.05, 3.63) is 22.8 Å². The Hall–Kier alpha value is -1.13. The summed E-state index contributed by atoms with van der Waals surface area (Å²) in [5.41, 5.74) is 5.76. The molecule has 1 fully saturated rings. The van der Waals surface area contributed by atoms with E-state index in [0.29, 0.717) is 5.02 Å². The molecule has 1 atom stereocenters. The highest BCUT2D eigenvalue weighted by Gasteiger charge is 2.35. The molecule has 1 unspecified atom stereocenters. The molecule has 1 aliphatic rings. The first kappa shape index (κ1) is 10.4. The molecule has 80 valence electrons. The van der Waals surface area contributed by atoms with Crippen molar-refractivity contribution >= 4 is 23.2 Å². The zero-order chi connectivity index (χ0) is 11.0. The standard InChI is InChI=1S/C10H11ClN2O2/c11-6-3-7(10(12)13-4-6)9(15)8(14)5-1-2-5/h3-5,8,14H,1-2H2,(H2,12,13). The number of anilines is 1. The smallest absolute Gasteiger partial charge is 0.195 e. The molecule has 0 amide bonds. The van der Waals surface area contributed by atoms with Crippen LogP contribution in [0.15, 0.2) is 12.3 Å². The Kier molecular flexibility index (Phi) is 2.63. The van der Waals surface area contributed by atoms with Crippen LogP contribution in [0, 0.1) is 5.92 Å². The van der Waals surface area contributed by atoms with Gasteiger partial charge in [0, 0.05) is 6.20 Å². The Morgan fingerprint density at radius 3 is 2.93 bits per heavy atom. The number of aromatic nitrogens is 1. The summed E-state index contributed by atoms with van der Waals surface area (Å²) >= 11 is 5.71. The Labute approximate surface area is 92.1 Å². The van der Waals surface area contributed by atoms with E-state index in [2.05, 4.69) is 4.98 Å². The number of aliphatic hydroxyl groups is 1. The Morgan fingerprint density at radius 1 is 1.67 bits per heavy atom. The average Bonchev–Trinajstić information content (AvgIpc) is 3.03. The molecule has 1 aromatic rings. The first-order chi connectivity index (χ1) is 7.09. The van der Waals surface area contributed by atoms with Gasteiger partial charge in [-0.15, -0.1) is 0 Å². The number of hydrogen-bond donors (Lipinski definition) is 2. The predicted molar refractivity (Wildman–Crippen MR) is 56.7 cm³/mol. The van der Waals surface area contributed by atoms with E-state index in [1.807, 2.05) is 0 Å². The molecule has 3 N–H and O–H groups in total. The fraction of sp³-hybridized carbons (Fsp3) is 0.400. The van der Waals surface area contributed by atoms with Crippen molar-refractivity contribution in [2.75, 3.05) is 5.73 Å². The van der Waals surface area contributed by atoms with Crippen LogP contribution in [-0.4, -0.2) is 22.0 Å². The van der Waals surface area contributed by atoms with Gasteiger partial charge in [-0.25, -0.2) is 4.98 Å². The van der Waals surface area contributed by atoms with Gasteiger partial charge in [-0.1, -0.05) is 11.6 Å². The zero-order valence-electron chi connectivity index (χ0n) is 7.98. The number of rotatable bonds is 3. The summed E-state index contributed by atoms with van der Waals surface area (Å²) < 4.78 is 0. The molecule has 0 aliphatic heterocycles. The summed E-state index contributed by atoms with van der Waals surface area (Å²) in [6.45, 7) is 0. The fourth-order valence-electron chi connectivity index (χ4n) is 1.43. The lowest BCUT2D eigenvalue weighted by Crippen LogP contribution is -2.23. The van der Waals surface area contributed by atoms with Crippen molar-refractivity contribution in [2.24, 2.45) is 5.92 Å². The lowest BCUT2D eigenvalue weighted by molar-refractivity contribution is 0.0704. The van der Waals surface area contributed by atoms with Gasteiger partial charge in [0.1, 0.15) is 11.9 Å². The summed E-state index contributed by atoms with van der Waals surface area (Å²) in [6.07, 6.45) is 2.19. The molecule has 0 bridgehead atoms. The minimum Gasteiger partial charge on any atom is -0.385 e. The van der Waals surface area contributed by atoms with Crippen molar-refractivity contribution in [1.82, 2.24) is 4.98 Å². The minimum absolute atomic E-state index is 0.0795. The van der Waals surface area contributed by atoms with E-state index < -0.39 is 6.10 Å². The van der Waals surface area contributed by atoms with E-state index in [-0.39, 0.29) is 23.1 Å². The molecule has 0 radical (unpaired) electrons. The predicted octanol–water partition coefficient (Wildman–Crippen LogP) is 1.27. The van der Waals surface area contributed by atoms with Crippen LogP contribution in [0.2, 0.25) is 5.02 Å². The monoisotopic (exact) mass is 226 g/mol. The summed E-state index contributed by atoms with van der Waals surface area (Å²) in [4.78, 5) is 15.5. The van der Waals surface area contributed by atoms with Gasteiger partial charge < -0.3 is 10.8 Å². The Balaban J connectivity index is 2.27. The SMILES string of the molecule is Nc1ncc(Cl)cc1C(=O)C(O)C1CC1. The largest absolute Gasteiger partial charge is 0.385 e. The molecule has 1 aromatic heterocycles. The summed E-state index contributed by atoms with van der Waals surface area (Å²) in [7, 11) is 0. The molecule has 1 heterocycles. The second-order valence-corrected chi connectivity index (χ2v) is 4.17. The summed E-state index contributed by atoms with van der Waals surface area (Å²) in [6, 6.07) is 1.44. The third-order valence-electron chi connectivity index (χ3n) is 2.49. The molecule has 1 saturated carbocycles. The quantitative estimate of drug-likeness (QED) is 0.761. The van der Waals surface area contributed by atoms with Crippen LogP contribution in [0.5, 0.6) is 0 Å². The van der Waals surface area contributed by atoms with Gasteiger partial charge >= 0.3 is 0 Å². The molecule has 5 heteroatoms. The van der Waals surface area contributed by atoms with Crippen LogP contribution >= 0.6 is 11.6 Å². The van der Waals surface area contributed by atoms with Crippen molar-refractivity contribution in [1.29, 1.82) is 0 Å². The number of carbonyl (C=O) groups excluding carboxylic acids is 1. The summed E-state index contributed by atoms with van der Waals surface area (Å²) in [5.74, 6) is -0.190. The normalized spacial score (nSPS) is 17.5. The van der Waals surface area contributed by atoms with E-state index in [4.69, 9.17) is 17.3 Å². The number of carbonyl (C=O) groups is 1. The Bertz CT molecular complexity index is 404. The van der Waals surface area contributed by atoms with E-state index in [1.54, 1.807) is 0 Å². The second kappa shape index (κ2) is 3.79. The molecular weight excluding hydrogens is 216 g/mol. The van der Waals surface area contributed by atoms with Crippen molar-refractivity contribution < 1.29 is 9.90 Å². The van der Waals surface area contributed by atoms with Crippen molar-refractivity contribution in [3.63, 3.8) is 0 Å². The number of aliphatic hydroxyl groups excluding tert-OH is 1. The topological polar surface area (TPSA) is 76.2 Å². The Morgan fingerprint density at radius 2 is 2.33 bits per heavy atom. The number of nitrogens with zero attached hydrogens (tertiary/aromatic N) is 1. The van der Waals surface area contributed by atoms with Gasteiger partial charge in [0.15, 0.2) is 5.78 Å². The first-order valence-corrected chi connectivity index (χ1v) is 5.10. The van der Waals surface area contributed by atoms with Gasteiger partial charge in [0.05, 0.1) is 10.6 Å². The second-order valence-electron chi connectivity index (χ2n) is 3.73. The third-order valence-corrected chi connectivity index (χ3v) is 2.69. The van der Waals surface area contributed by atoms with Crippen molar-refractivity contribution in [2.45, 2.75) is 18.9 Å². The molecule has 15 heavy (non-hydrogen) atoms. The number of hydrogen-bond acceptors (Lipinski definition) is 4. The van der Waals surface area contributed by atoms with Crippen molar-refractivity contribution in [3.8, 4) is 0 Å². The van der Waals surface area contributed by atoms with Gasteiger partial charge in [-0.2, -0.15) is 0 Å². The number of nitrogen functional groups attached to an aromatic ring is 1. The van der Waals surface area contributed by atoms with Gasteiger partial charge in [-0.3, -0.25) is 4.79 Å². The number of halogens is 1. The third kappa shape index (κ3) is 2.11. The lowest BCUT2D eigenvalue weighted by Gasteiger charge is -2.09. The van der Waals surface area contributed by atoms with Crippen LogP contribution in [-0.2, 0) is 0 Å². The van der Waals surface area contributed by atoms with Gasteiger partial charge in [0.25, 0.3) is 0 Å². The molecule has 1 aliphatic carbocycles. The van der Waals surface area contributed by atoms with Crippen LogP contribution in [0.1, 0.15) is 23.2 Å². The molecule has 2 rings (SSSR count). The molecular formula is C10H11ClN2O2. The van der Waals surface area contributed by atoms with E-state index in [1.165, 1.54) is 12.3 Å². The van der Waals surface area contributed by atoms with Crippen LogP contribution in [0.3, 0.4) is 0 Å².